The van der Waals surface area contributed by atoms with E-state index in [0.717, 1.165) is 34.2 Å². The highest BCUT2D eigenvalue weighted by atomic mass is 32.2. The standard InChI is InChI=1S/C30H38F3N7O4S/c1-17-7-8-19(28(41)37-22-12-20(29(2,3)4)13-23(26(22)44-5)38-45(6,42)43)11-24(17)40(35)15-21(34)25-14-36-27(18-9-10-18)39(25)16-30(31,32)33/h7-8,11-15,18,38H,9-10,16,34-35H2,1-6H3,(H,37,41)/b21-15-. The Morgan fingerprint density at radius 3 is 2.38 bits per heavy atom. The van der Waals surface area contributed by atoms with E-state index in [0.29, 0.717) is 17.1 Å². The first-order valence-corrected chi connectivity index (χ1v) is 15.9. The van der Waals surface area contributed by atoms with Gasteiger partial charge in [0.15, 0.2) is 5.75 Å². The molecule has 15 heteroatoms. The molecule has 4 rings (SSSR count). The molecule has 1 saturated carbocycles. The molecule has 1 heterocycles. The van der Waals surface area contributed by atoms with Gasteiger partial charge in [0.1, 0.15) is 12.4 Å². The number of anilines is 3. The number of rotatable bonds is 10. The maximum Gasteiger partial charge on any atom is 0.406 e. The molecule has 2 aromatic carbocycles. The quantitative estimate of drug-likeness (QED) is 0.172. The summed E-state index contributed by atoms with van der Waals surface area (Å²) in [5, 5.41) is 3.94. The summed E-state index contributed by atoms with van der Waals surface area (Å²) in [7, 11) is -2.31. The number of nitrogens with two attached hydrogens (primary N) is 2. The molecule has 45 heavy (non-hydrogen) atoms. The third kappa shape index (κ3) is 8.28. The second kappa shape index (κ2) is 12.3. The van der Waals surface area contributed by atoms with Crippen LogP contribution in [0.4, 0.5) is 30.2 Å². The van der Waals surface area contributed by atoms with Crippen molar-refractivity contribution in [2.24, 2.45) is 11.6 Å². The molecular formula is C30H38F3N7O4S. The normalized spacial score (nSPS) is 14.3. The van der Waals surface area contributed by atoms with Gasteiger partial charge in [-0.3, -0.25) is 14.5 Å². The van der Waals surface area contributed by atoms with E-state index in [2.05, 4.69) is 15.0 Å². The Morgan fingerprint density at radius 2 is 1.82 bits per heavy atom. The van der Waals surface area contributed by atoms with Gasteiger partial charge in [-0.1, -0.05) is 26.8 Å². The number of sulfonamides is 1. The summed E-state index contributed by atoms with van der Waals surface area (Å²) >= 11 is 0. The third-order valence-corrected chi connectivity index (χ3v) is 7.78. The number of nitrogens with zero attached hydrogens (tertiary/aromatic N) is 3. The van der Waals surface area contributed by atoms with Crippen molar-refractivity contribution in [3.8, 4) is 5.75 Å². The van der Waals surface area contributed by atoms with Crippen molar-refractivity contribution in [1.29, 1.82) is 0 Å². The number of methoxy groups -OCH3 is 1. The predicted octanol–water partition coefficient (Wildman–Crippen LogP) is 5.20. The molecule has 1 amide bonds. The molecule has 0 saturated heterocycles. The Balaban J connectivity index is 1.66. The van der Waals surface area contributed by atoms with Gasteiger partial charge < -0.3 is 20.4 Å². The first-order valence-electron chi connectivity index (χ1n) is 14.0. The maximum absolute atomic E-state index is 13.5. The average Bonchev–Trinajstić information content (AvgIpc) is 3.66. The number of hydrogen-bond acceptors (Lipinski definition) is 8. The van der Waals surface area contributed by atoms with E-state index >= 15 is 0 Å². The molecule has 3 aromatic rings. The van der Waals surface area contributed by atoms with E-state index in [1.165, 1.54) is 25.6 Å². The molecule has 0 atom stereocenters. The van der Waals surface area contributed by atoms with Crippen LogP contribution >= 0.6 is 0 Å². The van der Waals surface area contributed by atoms with Gasteiger partial charge in [-0.25, -0.2) is 19.2 Å². The van der Waals surface area contributed by atoms with Gasteiger partial charge in [0.05, 0.1) is 48.0 Å². The molecule has 0 spiro atoms. The lowest BCUT2D eigenvalue weighted by molar-refractivity contribution is -0.141. The molecule has 1 aliphatic carbocycles. The highest BCUT2D eigenvalue weighted by molar-refractivity contribution is 7.92. The minimum atomic E-state index is -4.48. The zero-order valence-corrected chi connectivity index (χ0v) is 26.7. The summed E-state index contributed by atoms with van der Waals surface area (Å²) in [6.07, 6.45) is 0.647. The van der Waals surface area contributed by atoms with Gasteiger partial charge in [-0.05, 0) is 60.6 Å². The largest absolute Gasteiger partial charge is 0.492 e. The van der Waals surface area contributed by atoms with Crippen LogP contribution in [0.25, 0.3) is 5.70 Å². The molecule has 0 bridgehead atoms. The van der Waals surface area contributed by atoms with Crippen molar-refractivity contribution >= 4 is 38.7 Å². The Kier molecular flexibility index (Phi) is 9.18. The summed E-state index contributed by atoms with van der Waals surface area (Å²) < 4.78 is 73.3. The number of amides is 1. The number of carbonyl (C=O) groups excluding carboxylic acids is 1. The number of alkyl halides is 3. The lowest BCUT2D eigenvalue weighted by Crippen LogP contribution is -2.28. The number of benzene rings is 2. The van der Waals surface area contributed by atoms with E-state index in [1.807, 2.05) is 20.8 Å². The first kappa shape index (κ1) is 33.6. The molecule has 1 aromatic heterocycles. The SMILES string of the molecule is COc1c(NC(=O)c2ccc(C)c(N(N)/C=C(\N)c3cnc(C4CC4)n3CC(F)(F)F)c2)cc(C(C)(C)C)cc1NS(C)(=O)=O. The van der Waals surface area contributed by atoms with Crippen LogP contribution < -0.4 is 31.4 Å². The van der Waals surface area contributed by atoms with Crippen molar-refractivity contribution in [2.45, 2.75) is 64.6 Å². The molecule has 1 aliphatic rings. The molecule has 0 unspecified atom stereocenters. The fourth-order valence-corrected chi connectivity index (χ4v) is 5.34. The van der Waals surface area contributed by atoms with Crippen LogP contribution in [0.5, 0.6) is 5.75 Å². The van der Waals surface area contributed by atoms with Gasteiger partial charge in [0.2, 0.25) is 10.0 Å². The Hall–Kier alpha value is -4.24. The van der Waals surface area contributed by atoms with Gasteiger partial charge >= 0.3 is 6.18 Å². The van der Waals surface area contributed by atoms with Crippen LogP contribution in [0.15, 0.2) is 42.7 Å². The Bertz CT molecular complexity index is 1740. The number of nitrogens with one attached hydrogen (secondary N) is 2. The summed E-state index contributed by atoms with van der Waals surface area (Å²) in [4.78, 5) is 17.7. The number of hydrazine groups is 1. The number of halogens is 3. The van der Waals surface area contributed by atoms with Crippen LogP contribution in [0, 0.1) is 6.92 Å². The molecule has 11 nitrogen and oxygen atoms in total. The molecule has 6 N–H and O–H groups in total. The first-order chi connectivity index (χ1) is 20.8. The number of aryl methyl sites for hydroxylation is 1. The zero-order chi connectivity index (χ0) is 33.5. The van der Waals surface area contributed by atoms with Gasteiger partial charge in [0, 0.05) is 17.7 Å². The molecular weight excluding hydrogens is 611 g/mol. The van der Waals surface area contributed by atoms with Crippen molar-refractivity contribution in [3.05, 3.63) is 70.9 Å². The second-order valence-electron chi connectivity index (χ2n) is 12.2. The molecule has 0 radical (unpaired) electrons. The van der Waals surface area contributed by atoms with Crippen LogP contribution in [0.3, 0.4) is 0 Å². The summed E-state index contributed by atoms with van der Waals surface area (Å²) in [6, 6.07) is 8.10. The van der Waals surface area contributed by atoms with E-state index in [1.54, 1.807) is 31.2 Å². The van der Waals surface area contributed by atoms with E-state index < -0.39 is 34.1 Å². The predicted molar refractivity (Wildman–Crippen MR) is 168 cm³/mol. The summed E-state index contributed by atoms with van der Waals surface area (Å²) in [5.74, 6) is 6.17. The maximum atomic E-state index is 13.5. The van der Waals surface area contributed by atoms with Gasteiger partial charge in [0.25, 0.3) is 5.91 Å². The lowest BCUT2D eigenvalue weighted by Gasteiger charge is -2.24. The van der Waals surface area contributed by atoms with Gasteiger partial charge in [-0.2, -0.15) is 13.2 Å². The van der Waals surface area contributed by atoms with Crippen molar-refractivity contribution in [1.82, 2.24) is 9.55 Å². The Labute approximate surface area is 260 Å². The number of hydrogen-bond donors (Lipinski definition) is 4. The highest BCUT2D eigenvalue weighted by Crippen LogP contribution is 2.41. The van der Waals surface area contributed by atoms with Crippen LogP contribution in [-0.4, -0.2) is 43.4 Å². The third-order valence-electron chi connectivity index (χ3n) is 7.19. The van der Waals surface area contributed by atoms with Gasteiger partial charge in [-0.15, -0.1) is 0 Å². The van der Waals surface area contributed by atoms with Crippen molar-refractivity contribution in [3.63, 3.8) is 0 Å². The number of imidazole rings is 1. The van der Waals surface area contributed by atoms with E-state index in [-0.39, 0.29) is 40.0 Å². The monoisotopic (exact) mass is 649 g/mol. The second-order valence-corrected chi connectivity index (χ2v) is 13.9. The number of ether oxygens (including phenoxy) is 1. The topological polar surface area (TPSA) is 158 Å². The Morgan fingerprint density at radius 1 is 1.18 bits per heavy atom. The van der Waals surface area contributed by atoms with Crippen LogP contribution in [0.2, 0.25) is 0 Å². The van der Waals surface area contributed by atoms with E-state index in [9.17, 15) is 26.4 Å². The van der Waals surface area contributed by atoms with Crippen LogP contribution in [0.1, 0.15) is 72.5 Å². The minimum absolute atomic E-state index is 0.0370. The lowest BCUT2D eigenvalue weighted by atomic mass is 9.86. The van der Waals surface area contributed by atoms with Crippen LogP contribution in [-0.2, 0) is 22.0 Å². The minimum Gasteiger partial charge on any atom is -0.492 e. The van der Waals surface area contributed by atoms with E-state index in [4.69, 9.17) is 16.3 Å². The number of carbonyl (C=O) groups is 1. The fraction of sp³-hybridized carbons (Fsp3) is 0.400. The van der Waals surface area contributed by atoms with Crippen molar-refractivity contribution < 1.29 is 31.1 Å². The number of aromatic nitrogens is 2. The highest BCUT2D eigenvalue weighted by Gasteiger charge is 2.35. The summed E-state index contributed by atoms with van der Waals surface area (Å²) in [5.41, 5.74) is 8.24. The molecule has 244 valence electrons. The van der Waals surface area contributed by atoms with Crippen molar-refractivity contribution in [2.75, 3.05) is 28.4 Å². The zero-order valence-electron chi connectivity index (χ0n) is 25.9. The fourth-order valence-electron chi connectivity index (χ4n) is 4.79. The average molecular weight is 650 g/mol. The summed E-state index contributed by atoms with van der Waals surface area (Å²) in [6.45, 7) is 6.33. The smallest absolute Gasteiger partial charge is 0.406 e. The molecule has 1 fully saturated rings. The molecule has 0 aliphatic heterocycles.